The lowest BCUT2D eigenvalue weighted by molar-refractivity contribution is 0.0246. The number of likely N-dealkylation sites (tertiary alicyclic amines) is 1. The Balaban J connectivity index is 2.00. The lowest BCUT2D eigenvalue weighted by Crippen LogP contribution is -2.51. The van der Waals surface area contributed by atoms with Crippen molar-refractivity contribution >= 4 is 0 Å². The number of piperidine rings is 1. The maximum atomic E-state index is 9.78. The van der Waals surface area contributed by atoms with Gasteiger partial charge in [0.15, 0.2) is 0 Å². The zero-order valence-electron chi connectivity index (χ0n) is 9.15. The molecular weight excluding hydrogens is 178 g/mol. The van der Waals surface area contributed by atoms with Crippen LogP contribution in [0.2, 0.25) is 0 Å². The summed E-state index contributed by atoms with van der Waals surface area (Å²) in [6, 6.07) is 0.847. The van der Waals surface area contributed by atoms with E-state index in [9.17, 15) is 5.11 Å². The summed E-state index contributed by atoms with van der Waals surface area (Å²) in [5, 5.41) is 9.78. The zero-order chi connectivity index (χ0) is 10.1. The summed E-state index contributed by atoms with van der Waals surface area (Å²) in [5.74, 6) is 0.763. The first kappa shape index (κ1) is 10.4. The van der Waals surface area contributed by atoms with Crippen LogP contribution in [0.15, 0.2) is 0 Å². The van der Waals surface area contributed by atoms with Crippen molar-refractivity contribution in [3.05, 3.63) is 0 Å². The van der Waals surface area contributed by atoms with Gasteiger partial charge in [-0.2, -0.15) is 0 Å². The van der Waals surface area contributed by atoms with Crippen LogP contribution in [0.1, 0.15) is 26.7 Å². The van der Waals surface area contributed by atoms with Gasteiger partial charge < -0.3 is 9.84 Å². The van der Waals surface area contributed by atoms with Gasteiger partial charge in [0.05, 0.1) is 25.4 Å². The third kappa shape index (κ3) is 1.95. The van der Waals surface area contributed by atoms with Crippen molar-refractivity contribution < 1.29 is 9.84 Å². The molecule has 82 valence electrons. The normalized spacial score (nSPS) is 45.6. The van der Waals surface area contributed by atoms with E-state index >= 15 is 0 Å². The predicted octanol–water partition coefficient (Wildman–Crippen LogP) is 0.866. The average Bonchev–Trinajstić information content (AvgIpc) is 2.56. The summed E-state index contributed by atoms with van der Waals surface area (Å²) in [4.78, 5) is 2.44. The number of rotatable bonds is 1. The van der Waals surface area contributed by atoms with Gasteiger partial charge in [-0.3, -0.25) is 4.90 Å². The minimum atomic E-state index is -0.275. The monoisotopic (exact) mass is 199 g/mol. The minimum Gasteiger partial charge on any atom is -0.389 e. The van der Waals surface area contributed by atoms with Crippen molar-refractivity contribution in [2.24, 2.45) is 5.92 Å². The molecule has 0 amide bonds. The van der Waals surface area contributed by atoms with Crippen LogP contribution in [0.3, 0.4) is 0 Å². The molecule has 0 aromatic rings. The number of hydrogen-bond acceptors (Lipinski definition) is 3. The molecule has 2 rings (SSSR count). The predicted molar refractivity (Wildman–Crippen MR) is 55.2 cm³/mol. The van der Waals surface area contributed by atoms with E-state index in [1.807, 2.05) is 0 Å². The van der Waals surface area contributed by atoms with Gasteiger partial charge in [0.25, 0.3) is 0 Å². The standard InChI is InChI=1S/C11H21NO2/c1-8-3-4-9(2)12(5-8)10-6-14-7-11(10)13/h8-11,13H,3-7H2,1-2H3. The summed E-state index contributed by atoms with van der Waals surface area (Å²) in [7, 11) is 0. The molecule has 0 aromatic heterocycles. The molecule has 2 aliphatic heterocycles. The van der Waals surface area contributed by atoms with E-state index < -0.39 is 0 Å². The molecule has 1 N–H and O–H groups in total. The van der Waals surface area contributed by atoms with E-state index in [1.165, 1.54) is 12.8 Å². The number of hydrogen-bond donors (Lipinski definition) is 1. The minimum absolute atomic E-state index is 0.243. The van der Waals surface area contributed by atoms with Gasteiger partial charge in [-0.05, 0) is 25.7 Å². The molecule has 0 aliphatic carbocycles. The molecule has 2 saturated heterocycles. The van der Waals surface area contributed by atoms with Gasteiger partial charge >= 0.3 is 0 Å². The Morgan fingerprint density at radius 1 is 1.21 bits per heavy atom. The van der Waals surface area contributed by atoms with Crippen molar-refractivity contribution in [1.82, 2.24) is 4.90 Å². The van der Waals surface area contributed by atoms with E-state index in [0.29, 0.717) is 19.3 Å². The second-order valence-corrected chi connectivity index (χ2v) is 4.90. The fourth-order valence-electron chi connectivity index (χ4n) is 2.63. The van der Waals surface area contributed by atoms with Crippen molar-refractivity contribution in [3.8, 4) is 0 Å². The third-order valence-electron chi connectivity index (χ3n) is 3.61. The van der Waals surface area contributed by atoms with Crippen LogP contribution in [0.25, 0.3) is 0 Å². The highest BCUT2D eigenvalue weighted by molar-refractivity contribution is 4.89. The fourth-order valence-corrected chi connectivity index (χ4v) is 2.63. The van der Waals surface area contributed by atoms with E-state index in [2.05, 4.69) is 18.7 Å². The summed E-state index contributed by atoms with van der Waals surface area (Å²) >= 11 is 0. The summed E-state index contributed by atoms with van der Waals surface area (Å²) in [5.41, 5.74) is 0. The van der Waals surface area contributed by atoms with Crippen LogP contribution in [-0.2, 0) is 4.74 Å². The molecule has 4 unspecified atom stereocenters. The fraction of sp³-hybridized carbons (Fsp3) is 1.00. The third-order valence-corrected chi connectivity index (χ3v) is 3.61. The van der Waals surface area contributed by atoms with Crippen LogP contribution in [0.5, 0.6) is 0 Å². The first-order valence-corrected chi connectivity index (χ1v) is 5.70. The lowest BCUT2D eigenvalue weighted by Gasteiger charge is -2.41. The molecule has 14 heavy (non-hydrogen) atoms. The Bertz CT molecular complexity index is 198. The number of aliphatic hydroxyl groups excluding tert-OH is 1. The van der Waals surface area contributed by atoms with E-state index in [0.717, 1.165) is 12.5 Å². The smallest absolute Gasteiger partial charge is 0.0950 e. The topological polar surface area (TPSA) is 32.7 Å². The summed E-state index contributed by atoms with van der Waals surface area (Å²) in [6.07, 6.45) is 2.30. The highest BCUT2D eigenvalue weighted by Gasteiger charge is 2.36. The van der Waals surface area contributed by atoms with E-state index in [4.69, 9.17) is 4.74 Å². The zero-order valence-corrected chi connectivity index (χ0v) is 9.15. The molecule has 3 heteroatoms. The molecule has 2 heterocycles. The van der Waals surface area contributed by atoms with Gasteiger partial charge in [-0.25, -0.2) is 0 Å². The van der Waals surface area contributed by atoms with Crippen molar-refractivity contribution in [1.29, 1.82) is 0 Å². The first-order chi connectivity index (χ1) is 6.68. The van der Waals surface area contributed by atoms with Gasteiger partial charge in [-0.15, -0.1) is 0 Å². The van der Waals surface area contributed by atoms with Crippen LogP contribution >= 0.6 is 0 Å². The van der Waals surface area contributed by atoms with Crippen LogP contribution in [-0.4, -0.2) is 48.0 Å². The Hall–Kier alpha value is -0.120. The number of nitrogens with zero attached hydrogens (tertiary/aromatic N) is 1. The van der Waals surface area contributed by atoms with Gasteiger partial charge in [0.1, 0.15) is 0 Å². The van der Waals surface area contributed by atoms with E-state index in [-0.39, 0.29) is 12.1 Å². The molecule has 0 bridgehead atoms. The molecule has 0 saturated carbocycles. The Morgan fingerprint density at radius 3 is 2.64 bits per heavy atom. The maximum absolute atomic E-state index is 9.78. The molecule has 0 spiro atoms. The quantitative estimate of drug-likeness (QED) is 0.680. The van der Waals surface area contributed by atoms with Gasteiger partial charge in [-0.1, -0.05) is 6.92 Å². The molecule has 2 aliphatic rings. The molecule has 0 aromatic carbocycles. The summed E-state index contributed by atoms with van der Waals surface area (Å²) in [6.45, 7) is 6.89. The van der Waals surface area contributed by atoms with Crippen molar-refractivity contribution in [3.63, 3.8) is 0 Å². The molecule has 2 fully saturated rings. The SMILES string of the molecule is CC1CCC(C)N(C2COCC2O)C1. The van der Waals surface area contributed by atoms with Crippen molar-refractivity contribution in [2.45, 2.75) is 44.9 Å². The van der Waals surface area contributed by atoms with E-state index in [1.54, 1.807) is 0 Å². The van der Waals surface area contributed by atoms with Crippen LogP contribution in [0, 0.1) is 5.92 Å². The summed E-state index contributed by atoms with van der Waals surface area (Å²) < 4.78 is 5.31. The number of aliphatic hydroxyl groups is 1. The van der Waals surface area contributed by atoms with Gasteiger partial charge in [0, 0.05) is 12.6 Å². The van der Waals surface area contributed by atoms with Crippen LogP contribution in [0.4, 0.5) is 0 Å². The Labute approximate surface area is 86.0 Å². The molecule has 3 nitrogen and oxygen atoms in total. The Kier molecular flexibility index (Phi) is 3.10. The molecule has 4 atom stereocenters. The average molecular weight is 199 g/mol. The van der Waals surface area contributed by atoms with Gasteiger partial charge in [0.2, 0.25) is 0 Å². The lowest BCUT2D eigenvalue weighted by atomic mass is 9.93. The second kappa shape index (κ2) is 4.17. The Morgan fingerprint density at radius 2 is 2.00 bits per heavy atom. The van der Waals surface area contributed by atoms with Crippen molar-refractivity contribution in [2.75, 3.05) is 19.8 Å². The number of ether oxygens (including phenoxy) is 1. The largest absolute Gasteiger partial charge is 0.389 e. The maximum Gasteiger partial charge on any atom is 0.0950 e. The first-order valence-electron chi connectivity index (χ1n) is 5.70. The highest BCUT2D eigenvalue weighted by Crippen LogP contribution is 2.26. The molecular formula is C11H21NO2. The second-order valence-electron chi connectivity index (χ2n) is 4.90. The highest BCUT2D eigenvalue weighted by atomic mass is 16.5. The van der Waals surface area contributed by atoms with Crippen LogP contribution < -0.4 is 0 Å². The molecule has 0 radical (unpaired) electrons.